The van der Waals surface area contributed by atoms with Gasteiger partial charge in [-0.3, -0.25) is 4.98 Å². The van der Waals surface area contributed by atoms with Gasteiger partial charge < -0.3 is 5.32 Å². The fourth-order valence-electron chi connectivity index (χ4n) is 2.17. The van der Waals surface area contributed by atoms with Crippen molar-refractivity contribution in [1.29, 1.82) is 0 Å². The van der Waals surface area contributed by atoms with E-state index in [1.54, 1.807) is 6.33 Å². The molecule has 0 spiro atoms. The van der Waals surface area contributed by atoms with Crippen LogP contribution in [0.3, 0.4) is 0 Å². The number of nitrogens with zero attached hydrogens (tertiary/aromatic N) is 3. The topological polar surface area (TPSA) is 50.7 Å². The number of benzene rings is 1. The highest BCUT2D eigenvalue weighted by atomic mass is 15.0. The Morgan fingerprint density at radius 3 is 2.90 bits per heavy atom. The minimum Gasteiger partial charge on any atom is -0.370 e. The number of aromatic nitrogens is 3. The molecular formula is C16H16N4. The normalized spacial score (nSPS) is 10.7. The van der Waals surface area contributed by atoms with Gasteiger partial charge in [-0.05, 0) is 11.8 Å². The van der Waals surface area contributed by atoms with Gasteiger partial charge in [0.2, 0.25) is 0 Å². The van der Waals surface area contributed by atoms with Gasteiger partial charge in [-0.2, -0.15) is 0 Å². The number of rotatable bonds is 4. The Bertz CT molecular complexity index is 719. The number of hydrogen-bond acceptors (Lipinski definition) is 4. The SMILES string of the molecule is CCCNc1cc(-c2cncc3ccccc23)ncn1. The molecule has 20 heavy (non-hydrogen) atoms. The minimum atomic E-state index is 0.852. The van der Waals surface area contributed by atoms with Gasteiger partial charge in [0, 0.05) is 36.0 Å². The highest BCUT2D eigenvalue weighted by Crippen LogP contribution is 2.26. The van der Waals surface area contributed by atoms with Crippen LogP contribution in [-0.4, -0.2) is 21.5 Å². The summed E-state index contributed by atoms with van der Waals surface area (Å²) in [4.78, 5) is 12.9. The van der Waals surface area contributed by atoms with Crippen molar-refractivity contribution in [2.45, 2.75) is 13.3 Å². The van der Waals surface area contributed by atoms with Crippen LogP contribution in [0, 0.1) is 0 Å². The molecule has 0 amide bonds. The van der Waals surface area contributed by atoms with E-state index in [1.165, 1.54) is 0 Å². The Balaban J connectivity index is 2.06. The second kappa shape index (κ2) is 5.65. The lowest BCUT2D eigenvalue weighted by molar-refractivity contribution is 0.965. The predicted octanol–water partition coefficient (Wildman–Crippen LogP) is 3.51. The van der Waals surface area contributed by atoms with Crippen LogP contribution >= 0.6 is 0 Å². The van der Waals surface area contributed by atoms with E-state index >= 15 is 0 Å². The molecule has 0 aliphatic carbocycles. The molecule has 4 nitrogen and oxygen atoms in total. The first-order valence-electron chi connectivity index (χ1n) is 6.77. The molecule has 0 unspecified atom stereocenters. The Labute approximate surface area is 117 Å². The number of anilines is 1. The van der Waals surface area contributed by atoms with Gasteiger partial charge in [0.25, 0.3) is 0 Å². The van der Waals surface area contributed by atoms with E-state index in [9.17, 15) is 0 Å². The van der Waals surface area contributed by atoms with Crippen LogP contribution in [0.4, 0.5) is 5.82 Å². The number of hydrogen-bond donors (Lipinski definition) is 1. The van der Waals surface area contributed by atoms with Gasteiger partial charge in [0.05, 0.1) is 5.69 Å². The zero-order chi connectivity index (χ0) is 13.8. The molecular weight excluding hydrogens is 248 g/mol. The van der Waals surface area contributed by atoms with Gasteiger partial charge in [0.1, 0.15) is 12.1 Å². The zero-order valence-corrected chi connectivity index (χ0v) is 11.4. The number of nitrogens with one attached hydrogen (secondary N) is 1. The van der Waals surface area contributed by atoms with Crippen LogP contribution in [0.5, 0.6) is 0 Å². The molecule has 0 saturated heterocycles. The lowest BCUT2D eigenvalue weighted by atomic mass is 10.1. The van der Waals surface area contributed by atoms with Crippen molar-refractivity contribution in [3.8, 4) is 11.3 Å². The van der Waals surface area contributed by atoms with Gasteiger partial charge in [0.15, 0.2) is 0 Å². The van der Waals surface area contributed by atoms with E-state index in [2.05, 4.69) is 39.3 Å². The second-order valence-electron chi connectivity index (χ2n) is 4.62. The highest BCUT2D eigenvalue weighted by molar-refractivity contribution is 5.95. The standard InChI is InChI=1S/C16H16N4/c1-2-7-18-16-8-15(19-11-20-16)14-10-17-9-12-5-3-4-6-13(12)14/h3-6,8-11H,2,7H2,1H3,(H,18,19,20). The summed E-state index contributed by atoms with van der Waals surface area (Å²) in [6, 6.07) is 10.2. The molecule has 0 aliphatic heterocycles. The van der Waals surface area contributed by atoms with Crippen LogP contribution in [0.25, 0.3) is 22.0 Å². The largest absolute Gasteiger partial charge is 0.370 e. The van der Waals surface area contributed by atoms with Crippen LogP contribution in [-0.2, 0) is 0 Å². The van der Waals surface area contributed by atoms with E-state index in [-0.39, 0.29) is 0 Å². The summed E-state index contributed by atoms with van der Waals surface area (Å²) in [6.45, 7) is 3.04. The van der Waals surface area contributed by atoms with Crippen molar-refractivity contribution in [2.75, 3.05) is 11.9 Å². The van der Waals surface area contributed by atoms with Crippen molar-refractivity contribution < 1.29 is 0 Å². The van der Waals surface area contributed by atoms with Gasteiger partial charge in [-0.15, -0.1) is 0 Å². The van der Waals surface area contributed by atoms with Gasteiger partial charge >= 0.3 is 0 Å². The third-order valence-corrected chi connectivity index (χ3v) is 3.17. The molecule has 0 radical (unpaired) electrons. The molecule has 4 heteroatoms. The number of fused-ring (bicyclic) bond motifs is 1. The molecule has 0 atom stereocenters. The summed E-state index contributed by atoms with van der Waals surface area (Å²) in [6.07, 6.45) is 6.38. The molecule has 3 rings (SSSR count). The average molecular weight is 264 g/mol. The van der Waals surface area contributed by atoms with Crippen LogP contribution in [0.2, 0.25) is 0 Å². The van der Waals surface area contributed by atoms with Crippen LogP contribution < -0.4 is 5.32 Å². The molecule has 0 bridgehead atoms. The second-order valence-corrected chi connectivity index (χ2v) is 4.62. The summed E-state index contributed by atoms with van der Waals surface area (Å²) in [5, 5.41) is 5.55. The van der Waals surface area contributed by atoms with E-state index in [4.69, 9.17) is 0 Å². The third-order valence-electron chi connectivity index (χ3n) is 3.17. The van der Waals surface area contributed by atoms with Gasteiger partial charge in [-0.25, -0.2) is 9.97 Å². The lowest BCUT2D eigenvalue weighted by Gasteiger charge is -2.07. The summed E-state index contributed by atoms with van der Waals surface area (Å²) in [7, 11) is 0. The summed E-state index contributed by atoms with van der Waals surface area (Å²) < 4.78 is 0. The van der Waals surface area contributed by atoms with Crippen LogP contribution in [0.15, 0.2) is 49.1 Å². The van der Waals surface area contributed by atoms with E-state index in [0.29, 0.717) is 0 Å². The Morgan fingerprint density at radius 1 is 1.10 bits per heavy atom. The maximum atomic E-state index is 4.38. The van der Waals surface area contributed by atoms with E-state index in [1.807, 2.05) is 30.6 Å². The molecule has 1 N–H and O–H groups in total. The maximum absolute atomic E-state index is 4.38. The molecule has 100 valence electrons. The molecule has 0 aliphatic rings. The van der Waals surface area contributed by atoms with Crippen molar-refractivity contribution in [2.24, 2.45) is 0 Å². The molecule has 0 saturated carbocycles. The minimum absolute atomic E-state index is 0.852. The van der Waals surface area contributed by atoms with E-state index < -0.39 is 0 Å². The van der Waals surface area contributed by atoms with Crippen LogP contribution in [0.1, 0.15) is 13.3 Å². The lowest BCUT2D eigenvalue weighted by Crippen LogP contribution is -2.02. The zero-order valence-electron chi connectivity index (χ0n) is 11.4. The summed E-state index contributed by atoms with van der Waals surface area (Å²) in [5.74, 6) is 0.852. The molecule has 2 aromatic heterocycles. The molecule has 2 heterocycles. The fraction of sp³-hybridized carbons (Fsp3) is 0.188. The summed E-state index contributed by atoms with van der Waals surface area (Å²) in [5.41, 5.74) is 1.92. The first kappa shape index (κ1) is 12.5. The van der Waals surface area contributed by atoms with Crippen molar-refractivity contribution in [1.82, 2.24) is 15.0 Å². The van der Waals surface area contributed by atoms with Gasteiger partial charge in [-0.1, -0.05) is 31.2 Å². The maximum Gasteiger partial charge on any atom is 0.129 e. The van der Waals surface area contributed by atoms with E-state index in [0.717, 1.165) is 40.8 Å². The first-order chi connectivity index (χ1) is 9.88. The number of pyridine rings is 1. The average Bonchev–Trinajstić information content (AvgIpc) is 2.52. The van der Waals surface area contributed by atoms with Crippen molar-refractivity contribution >= 4 is 16.6 Å². The highest BCUT2D eigenvalue weighted by Gasteiger charge is 2.06. The monoisotopic (exact) mass is 264 g/mol. The Kier molecular flexibility index (Phi) is 3.54. The first-order valence-corrected chi connectivity index (χ1v) is 6.77. The molecule has 1 aromatic carbocycles. The smallest absolute Gasteiger partial charge is 0.129 e. The third kappa shape index (κ3) is 2.45. The van der Waals surface area contributed by atoms with Crippen molar-refractivity contribution in [3.63, 3.8) is 0 Å². The quantitative estimate of drug-likeness (QED) is 0.783. The molecule has 0 fully saturated rings. The summed E-state index contributed by atoms with van der Waals surface area (Å²) >= 11 is 0. The molecule has 3 aromatic rings. The van der Waals surface area contributed by atoms with Crippen molar-refractivity contribution in [3.05, 3.63) is 49.1 Å². The Morgan fingerprint density at radius 2 is 2.00 bits per heavy atom. The fourth-order valence-corrected chi connectivity index (χ4v) is 2.17. The predicted molar refractivity (Wildman–Crippen MR) is 81.5 cm³/mol. The Hall–Kier alpha value is -2.49.